The van der Waals surface area contributed by atoms with Gasteiger partial charge >= 0.3 is 0 Å². The van der Waals surface area contributed by atoms with Crippen molar-refractivity contribution in [1.29, 1.82) is 0 Å². The minimum absolute atomic E-state index is 0.310. The van der Waals surface area contributed by atoms with Crippen molar-refractivity contribution in [2.24, 2.45) is 5.92 Å². The normalized spacial score (nSPS) is 21.3. The molecule has 0 saturated carbocycles. The zero-order chi connectivity index (χ0) is 17.0. The Kier molecular flexibility index (Phi) is 6.19. The Morgan fingerprint density at radius 1 is 1.39 bits per heavy atom. The van der Waals surface area contributed by atoms with Gasteiger partial charge in [0.2, 0.25) is 10.0 Å². The monoisotopic (exact) mass is 340 g/mol. The highest BCUT2D eigenvalue weighted by atomic mass is 32.2. The second-order valence-electron chi connectivity index (χ2n) is 6.76. The van der Waals surface area contributed by atoms with Crippen molar-refractivity contribution in [3.05, 3.63) is 34.9 Å². The van der Waals surface area contributed by atoms with Crippen LogP contribution in [0.4, 0.5) is 0 Å². The highest BCUT2D eigenvalue weighted by Crippen LogP contribution is 2.23. The van der Waals surface area contributed by atoms with E-state index >= 15 is 0 Å². The molecule has 0 amide bonds. The van der Waals surface area contributed by atoms with E-state index in [0.29, 0.717) is 19.0 Å². The molecule has 0 aliphatic carbocycles. The van der Waals surface area contributed by atoms with Gasteiger partial charge in [-0.25, -0.2) is 13.1 Å². The van der Waals surface area contributed by atoms with Gasteiger partial charge in [0.15, 0.2) is 0 Å². The maximum Gasteiger partial charge on any atom is 0.208 e. The molecule has 0 radical (unpaired) electrons. The predicted molar refractivity (Wildman–Crippen MR) is 92.9 cm³/mol. The van der Waals surface area contributed by atoms with Gasteiger partial charge in [-0.15, -0.1) is 0 Å². The van der Waals surface area contributed by atoms with Crippen LogP contribution in [0.25, 0.3) is 0 Å². The number of benzene rings is 1. The van der Waals surface area contributed by atoms with Crippen LogP contribution in [0, 0.1) is 19.8 Å². The molecule has 1 aliphatic heterocycles. The van der Waals surface area contributed by atoms with Crippen molar-refractivity contribution in [3.63, 3.8) is 0 Å². The largest absolute Gasteiger partial charge is 0.387 e. The number of aliphatic hydroxyl groups excluding tert-OH is 1. The topological polar surface area (TPSA) is 69.6 Å². The molecule has 5 nitrogen and oxygen atoms in total. The quantitative estimate of drug-likeness (QED) is 0.825. The molecule has 1 fully saturated rings. The summed E-state index contributed by atoms with van der Waals surface area (Å²) in [7, 11) is -3.14. The van der Waals surface area contributed by atoms with Gasteiger partial charge in [-0.1, -0.05) is 23.8 Å². The summed E-state index contributed by atoms with van der Waals surface area (Å²) in [6.45, 7) is 6.91. The lowest BCUT2D eigenvalue weighted by molar-refractivity contribution is 0.0848. The van der Waals surface area contributed by atoms with Gasteiger partial charge in [-0.05, 0) is 50.3 Å². The van der Waals surface area contributed by atoms with Crippen molar-refractivity contribution in [2.75, 3.05) is 32.4 Å². The first kappa shape index (κ1) is 18.4. The molecule has 23 heavy (non-hydrogen) atoms. The molecule has 6 heteroatoms. The standard InChI is InChI=1S/C17H28N2O3S/c1-13-6-7-14(2)16(9-13)17(20)12-19-8-4-5-15(11-19)10-18-23(3,21)22/h6-7,9,15,17-18,20H,4-5,8,10-12H2,1-3H3/t15-,17-/m1/s1. The Labute approximate surface area is 139 Å². The Morgan fingerprint density at radius 3 is 2.83 bits per heavy atom. The first-order valence-corrected chi connectivity index (χ1v) is 10.1. The van der Waals surface area contributed by atoms with Gasteiger partial charge < -0.3 is 10.0 Å². The Bertz CT molecular complexity index is 631. The summed E-state index contributed by atoms with van der Waals surface area (Å²) in [6.07, 6.45) is 2.75. The van der Waals surface area contributed by atoms with Gasteiger partial charge in [0, 0.05) is 19.6 Å². The molecular formula is C17H28N2O3S. The number of aryl methyl sites for hydroxylation is 2. The minimum atomic E-state index is -3.14. The third-order valence-electron chi connectivity index (χ3n) is 4.46. The van der Waals surface area contributed by atoms with Crippen molar-refractivity contribution in [2.45, 2.75) is 32.8 Å². The highest BCUT2D eigenvalue weighted by Gasteiger charge is 2.23. The number of hydrogen-bond acceptors (Lipinski definition) is 4. The fourth-order valence-corrected chi connectivity index (χ4v) is 3.75. The van der Waals surface area contributed by atoms with Gasteiger partial charge in [0.1, 0.15) is 0 Å². The number of aliphatic hydroxyl groups is 1. The SMILES string of the molecule is Cc1ccc(C)c([C@H](O)CN2CCC[C@H](CNS(C)(=O)=O)C2)c1. The van der Waals surface area contributed by atoms with Crippen LogP contribution < -0.4 is 4.72 Å². The van der Waals surface area contributed by atoms with Crippen molar-refractivity contribution in [3.8, 4) is 0 Å². The number of nitrogens with one attached hydrogen (secondary N) is 1. The van der Waals surface area contributed by atoms with Crippen molar-refractivity contribution in [1.82, 2.24) is 9.62 Å². The average molecular weight is 340 g/mol. The molecule has 1 aromatic rings. The van der Waals surface area contributed by atoms with Crippen LogP contribution >= 0.6 is 0 Å². The lowest BCUT2D eigenvalue weighted by atomic mass is 9.96. The van der Waals surface area contributed by atoms with E-state index in [9.17, 15) is 13.5 Å². The smallest absolute Gasteiger partial charge is 0.208 e. The summed E-state index contributed by atoms with van der Waals surface area (Å²) in [6, 6.07) is 6.15. The van der Waals surface area contributed by atoms with E-state index in [-0.39, 0.29) is 0 Å². The predicted octanol–water partition coefficient (Wildman–Crippen LogP) is 1.60. The molecule has 1 saturated heterocycles. The number of nitrogens with zero attached hydrogens (tertiary/aromatic N) is 1. The zero-order valence-electron chi connectivity index (χ0n) is 14.2. The third-order valence-corrected chi connectivity index (χ3v) is 5.15. The van der Waals surface area contributed by atoms with E-state index in [1.807, 2.05) is 26.0 Å². The molecule has 130 valence electrons. The van der Waals surface area contributed by atoms with Crippen LogP contribution in [0.5, 0.6) is 0 Å². The van der Waals surface area contributed by atoms with E-state index in [1.54, 1.807) is 0 Å². The molecule has 0 bridgehead atoms. The second-order valence-corrected chi connectivity index (χ2v) is 8.60. The summed E-state index contributed by atoms with van der Waals surface area (Å²) >= 11 is 0. The first-order valence-electron chi connectivity index (χ1n) is 8.17. The first-order chi connectivity index (χ1) is 10.7. The van der Waals surface area contributed by atoms with E-state index in [1.165, 1.54) is 6.26 Å². The summed E-state index contributed by atoms with van der Waals surface area (Å²) in [5.41, 5.74) is 3.25. The van der Waals surface area contributed by atoms with Gasteiger partial charge in [0.25, 0.3) is 0 Å². The number of hydrogen-bond donors (Lipinski definition) is 2. The molecule has 1 heterocycles. The summed E-state index contributed by atoms with van der Waals surface area (Å²) < 4.78 is 25.0. The number of likely N-dealkylation sites (tertiary alicyclic amines) is 1. The van der Waals surface area contributed by atoms with E-state index < -0.39 is 16.1 Å². The molecule has 1 aromatic carbocycles. The van der Waals surface area contributed by atoms with E-state index in [4.69, 9.17) is 0 Å². The second kappa shape index (κ2) is 7.75. The number of β-amino-alcohol motifs (C(OH)–C–C–N with tert-alkyl or cyclic N) is 1. The van der Waals surface area contributed by atoms with Crippen LogP contribution in [0.15, 0.2) is 18.2 Å². The maximum atomic E-state index is 11.2. The fraction of sp³-hybridized carbons (Fsp3) is 0.647. The summed E-state index contributed by atoms with van der Waals surface area (Å²) in [4.78, 5) is 2.24. The van der Waals surface area contributed by atoms with E-state index in [2.05, 4.69) is 15.7 Å². The van der Waals surface area contributed by atoms with Crippen LogP contribution in [-0.2, 0) is 10.0 Å². The third kappa shape index (κ3) is 5.88. The molecule has 2 atom stereocenters. The van der Waals surface area contributed by atoms with Crippen molar-refractivity contribution < 1.29 is 13.5 Å². The Balaban J connectivity index is 1.93. The molecule has 1 aliphatic rings. The van der Waals surface area contributed by atoms with Crippen LogP contribution in [-0.4, -0.2) is 50.9 Å². The average Bonchev–Trinajstić information content (AvgIpc) is 2.47. The van der Waals surface area contributed by atoms with Gasteiger partial charge in [0.05, 0.1) is 12.4 Å². The van der Waals surface area contributed by atoms with E-state index in [0.717, 1.165) is 42.6 Å². The molecule has 0 spiro atoms. The van der Waals surface area contributed by atoms with Crippen LogP contribution in [0.3, 0.4) is 0 Å². The Hall–Kier alpha value is -0.950. The lowest BCUT2D eigenvalue weighted by Crippen LogP contribution is -2.42. The molecule has 0 unspecified atom stereocenters. The van der Waals surface area contributed by atoms with Crippen LogP contribution in [0.2, 0.25) is 0 Å². The zero-order valence-corrected chi connectivity index (χ0v) is 15.1. The molecule has 2 N–H and O–H groups in total. The lowest BCUT2D eigenvalue weighted by Gasteiger charge is -2.34. The Morgan fingerprint density at radius 2 is 2.13 bits per heavy atom. The fourth-order valence-electron chi connectivity index (χ4n) is 3.21. The van der Waals surface area contributed by atoms with Gasteiger partial charge in [-0.3, -0.25) is 0 Å². The molecule has 2 rings (SSSR count). The minimum Gasteiger partial charge on any atom is -0.387 e. The summed E-state index contributed by atoms with van der Waals surface area (Å²) in [5, 5.41) is 10.6. The highest BCUT2D eigenvalue weighted by molar-refractivity contribution is 7.88. The number of rotatable bonds is 6. The molecular weight excluding hydrogens is 312 g/mol. The maximum absolute atomic E-state index is 11.2. The number of sulfonamides is 1. The van der Waals surface area contributed by atoms with Crippen LogP contribution in [0.1, 0.15) is 35.6 Å². The van der Waals surface area contributed by atoms with Gasteiger partial charge in [-0.2, -0.15) is 0 Å². The summed E-state index contributed by atoms with van der Waals surface area (Å²) in [5.74, 6) is 0.310. The van der Waals surface area contributed by atoms with Crippen molar-refractivity contribution >= 4 is 10.0 Å². The molecule has 0 aromatic heterocycles. The number of piperidine rings is 1.